The predicted octanol–water partition coefficient (Wildman–Crippen LogP) is 8.42. The van der Waals surface area contributed by atoms with Gasteiger partial charge in [0.25, 0.3) is 0 Å². The van der Waals surface area contributed by atoms with Gasteiger partial charge in [0, 0.05) is 11.1 Å². The zero-order chi connectivity index (χ0) is 28.4. The molecule has 0 spiro atoms. The average Bonchev–Trinajstić information content (AvgIpc) is 2.80. The Morgan fingerprint density at radius 1 is 0.459 bits per heavy atom. The first kappa shape index (κ1) is 37.7. The van der Waals surface area contributed by atoms with Gasteiger partial charge in [-0.25, -0.2) is 9.59 Å². The Kier molecular flexibility index (Phi) is 26.7. The summed E-state index contributed by atoms with van der Waals surface area (Å²) in [5.41, 5.74) is 0.265. The number of carbonyl (C=O) groups is 2. The second-order valence-electron chi connectivity index (χ2n) is 9.88. The zero-order valence-corrected chi connectivity index (χ0v) is 24.2. The molecule has 0 aromatic carbocycles. The van der Waals surface area contributed by atoms with E-state index in [1.807, 2.05) is 0 Å². The second kappa shape index (κ2) is 26.2. The van der Waals surface area contributed by atoms with E-state index >= 15 is 0 Å². The van der Waals surface area contributed by atoms with E-state index in [4.69, 9.17) is 17.5 Å². The normalized spacial score (nSPS) is 12.0. The summed E-state index contributed by atoms with van der Waals surface area (Å²) < 4.78 is 31.6. The van der Waals surface area contributed by atoms with Gasteiger partial charge in [-0.2, -0.15) is 8.42 Å². The van der Waals surface area contributed by atoms with Gasteiger partial charge in [0.2, 0.25) is 0 Å². The van der Waals surface area contributed by atoms with Crippen molar-refractivity contribution < 1.29 is 37.3 Å². The van der Waals surface area contributed by atoms with E-state index in [2.05, 4.69) is 13.8 Å². The van der Waals surface area contributed by atoms with Crippen LogP contribution in [-0.2, 0) is 20.0 Å². The molecule has 0 aliphatic heterocycles. The molecule has 0 amide bonds. The van der Waals surface area contributed by atoms with Crippen LogP contribution in [0.3, 0.4) is 0 Å². The van der Waals surface area contributed by atoms with Crippen LogP contribution in [0.2, 0.25) is 0 Å². The van der Waals surface area contributed by atoms with Crippen LogP contribution in [0.1, 0.15) is 155 Å². The molecule has 0 radical (unpaired) electrons. The fourth-order valence-electron chi connectivity index (χ4n) is 4.35. The molecule has 220 valence electrons. The molecule has 4 N–H and O–H groups in total. The third-order valence-corrected chi connectivity index (χ3v) is 6.44. The molecule has 0 atom stereocenters. The number of carboxylic acids is 2. The number of carboxylic acid groups (broad SMARTS) is 2. The highest BCUT2D eigenvalue weighted by atomic mass is 32.3. The van der Waals surface area contributed by atoms with Gasteiger partial charge in [0.1, 0.15) is 0 Å². The lowest BCUT2D eigenvalue weighted by atomic mass is 9.96. The molecule has 0 saturated carbocycles. The van der Waals surface area contributed by atoms with Gasteiger partial charge in [-0.05, 0) is 25.7 Å². The van der Waals surface area contributed by atoms with Crippen LogP contribution in [-0.4, -0.2) is 39.7 Å². The molecular formula is C28H54O8S. The number of hydrogen-bond donors (Lipinski definition) is 4. The fourth-order valence-corrected chi connectivity index (χ4v) is 4.35. The third kappa shape index (κ3) is 30.7. The van der Waals surface area contributed by atoms with E-state index in [0.29, 0.717) is 12.8 Å². The number of hydrogen-bond acceptors (Lipinski definition) is 4. The van der Waals surface area contributed by atoms with Gasteiger partial charge >= 0.3 is 22.3 Å². The first-order valence-electron chi connectivity index (χ1n) is 14.4. The third-order valence-electron chi connectivity index (χ3n) is 6.44. The maximum atomic E-state index is 11.7. The quantitative estimate of drug-likeness (QED) is 0.0531. The molecule has 0 aliphatic carbocycles. The summed E-state index contributed by atoms with van der Waals surface area (Å²) in [4.78, 5) is 23.4. The Labute approximate surface area is 225 Å². The Morgan fingerprint density at radius 3 is 0.838 bits per heavy atom. The van der Waals surface area contributed by atoms with E-state index in [1.54, 1.807) is 0 Å². The molecule has 0 fully saturated rings. The molecular weight excluding hydrogens is 496 g/mol. The summed E-state index contributed by atoms with van der Waals surface area (Å²) in [6.45, 7) is 4.46. The molecule has 0 unspecified atom stereocenters. The number of unbranched alkanes of at least 4 members (excludes halogenated alkanes) is 18. The topological polar surface area (TPSA) is 149 Å². The monoisotopic (exact) mass is 550 g/mol. The first-order valence-corrected chi connectivity index (χ1v) is 15.8. The molecule has 0 aromatic rings. The Hall–Kier alpha value is -1.45. The van der Waals surface area contributed by atoms with Crippen LogP contribution in [0.15, 0.2) is 11.1 Å². The Morgan fingerprint density at radius 2 is 0.649 bits per heavy atom. The van der Waals surface area contributed by atoms with Crippen molar-refractivity contribution in [2.75, 3.05) is 0 Å². The molecule has 0 heterocycles. The summed E-state index contributed by atoms with van der Waals surface area (Å²) in [6.07, 6.45) is 24.5. The summed E-state index contributed by atoms with van der Waals surface area (Å²) >= 11 is 0. The summed E-state index contributed by atoms with van der Waals surface area (Å²) in [5.74, 6) is -2.10. The van der Waals surface area contributed by atoms with Gasteiger partial charge in [0.15, 0.2) is 0 Å². The van der Waals surface area contributed by atoms with E-state index < -0.39 is 22.3 Å². The van der Waals surface area contributed by atoms with Crippen molar-refractivity contribution in [3.05, 3.63) is 11.1 Å². The predicted molar refractivity (Wildman–Crippen MR) is 149 cm³/mol. The zero-order valence-electron chi connectivity index (χ0n) is 23.4. The molecule has 8 nitrogen and oxygen atoms in total. The molecule has 0 rings (SSSR count). The average molecular weight is 551 g/mol. The van der Waals surface area contributed by atoms with Crippen LogP contribution in [0, 0.1) is 0 Å². The molecule has 9 heteroatoms. The maximum absolute atomic E-state index is 11.7. The lowest BCUT2D eigenvalue weighted by Crippen LogP contribution is -2.12. The Balaban J connectivity index is 0. The number of rotatable bonds is 24. The SMILES string of the molecule is CCCCCCCCCCCCC(C(=O)O)=C(CCCCCCCCCCCC)C(=O)O.O=S(=O)(O)O. The number of aliphatic carboxylic acids is 2. The molecule has 0 saturated heterocycles. The maximum Gasteiger partial charge on any atom is 0.394 e. The minimum Gasteiger partial charge on any atom is -0.478 e. The van der Waals surface area contributed by atoms with Crippen molar-refractivity contribution in [3.63, 3.8) is 0 Å². The van der Waals surface area contributed by atoms with Crippen molar-refractivity contribution in [3.8, 4) is 0 Å². The van der Waals surface area contributed by atoms with Crippen molar-refractivity contribution in [2.45, 2.75) is 155 Å². The van der Waals surface area contributed by atoms with E-state index in [1.165, 1.54) is 89.9 Å². The van der Waals surface area contributed by atoms with E-state index in [9.17, 15) is 19.8 Å². The largest absolute Gasteiger partial charge is 0.478 e. The minimum atomic E-state index is -4.67. The van der Waals surface area contributed by atoms with Crippen LogP contribution < -0.4 is 0 Å². The van der Waals surface area contributed by atoms with Gasteiger partial charge in [0.05, 0.1) is 0 Å². The van der Waals surface area contributed by atoms with Crippen LogP contribution >= 0.6 is 0 Å². The highest BCUT2D eigenvalue weighted by Gasteiger charge is 2.19. The van der Waals surface area contributed by atoms with Gasteiger partial charge in [-0.3, -0.25) is 9.11 Å². The van der Waals surface area contributed by atoms with Gasteiger partial charge < -0.3 is 10.2 Å². The lowest BCUT2D eigenvalue weighted by molar-refractivity contribution is -0.136. The molecule has 0 aliphatic rings. The van der Waals surface area contributed by atoms with Crippen LogP contribution in [0.5, 0.6) is 0 Å². The minimum absolute atomic E-state index is 0.132. The summed E-state index contributed by atoms with van der Waals surface area (Å²) in [5, 5.41) is 19.2. The van der Waals surface area contributed by atoms with Crippen LogP contribution in [0.25, 0.3) is 0 Å². The molecule has 0 aromatic heterocycles. The van der Waals surface area contributed by atoms with Crippen molar-refractivity contribution in [2.24, 2.45) is 0 Å². The fraction of sp³-hybridized carbons (Fsp3) is 0.857. The standard InChI is InChI=1S/C28H52O4.H2O4S/c1-3-5-7-9-11-13-15-17-19-21-23-25(27(29)30)26(28(31)32)24-22-20-18-16-14-12-10-8-6-4-2;1-5(2,3)4/h3-24H2,1-2H3,(H,29,30)(H,31,32);(H2,1,2,3,4). The smallest absolute Gasteiger partial charge is 0.394 e. The van der Waals surface area contributed by atoms with E-state index in [-0.39, 0.29) is 11.1 Å². The van der Waals surface area contributed by atoms with Crippen molar-refractivity contribution in [1.29, 1.82) is 0 Å². The molecule has 37 heavy (non-hydrogen) atoms. The Bertz CT molecular complexity index is 649. The molecule has 0 bridgehead atoms. The van der Waals surface area contributed by atoms with Crippen LogP contribution in [0.4, 0.5) is 0 Å². The summed E-state index contributed by atoms with van der Waals surface area (Å²) in [7, 11) is -4.67. The highest BCUT2D eigenvalue weighted by Crippen LogP contribution is 2.21. The second-order valence-corrected chi connectivity index (χ2v) is 10.8. The highest BCUT2D eigenvalue weighted by molar-refractivity contribution is 7.79. The van der Waals surface area contributed by atoms with E-state index in [0.717, 1.165) is 38.5 Å². The van der Waals surface area contributed by atoms with Crippen molar-refractivity contribution in [1.82, 2.24) is 0 Å². The summed E-state index contributed by atoms with van der Waals surface area (Å²) in [6, 6.07) is 0. The van der Waals surface area contributed by atoms with Gasteiger partial charge in [-0.1, -0.05) is 129 Å². The lowest BCUT2D eigenvalue weighted by Gasteiger charge is -2.10. The first-order chi connectivity index (χ1) is 17.5. The van der Waals surface area contributed by atoms with Gasteiger partial charge in [-0.15, -0.1) is 0 Å². The van der Waals surface area contributed by atoms with Crippen molar-refractivity contribution >= 4 is 22.3 Å².